The summed E-state index contributed by atoms with van der Waals surface area (Å²) < 4.78 is 0. The van der Waals surface area contributed by atoms with Gasteiger partial charge in [0.25, 0.3) is 0 Å². The molecule has 15 heavy (non-hydrogen) atoms. The number of guanidine groups is 1. The summed E-state index contributed by atoms with van der Waals surface area (Å²) in [7, 11) is 0. The first-order chi connectivity index (χ1) is 7.10. The second-order valence-corrected chi connectivity index (χ2v) is 4.85. The van der Waals surface area contributed by atoms with E-state index in [9.17, 15) is 0 Å². The summed E-state index contributed by atoms with van der Waals surface area (Å²) in [6.07, 6.45) is 4.89. The third-order valence-electron chi connectivity index (χ3n) is 2.96. The van der Waals surface area contributed by atoms with Gasteiger partial charge in [0.2, 0.25) is 5.96 Å². The van der Waals surface area contributed by atoms with E-state index in [1.165, 1.54) is 12.8 Å². The topological polar surface area (TPSA) is 62.4 Å². The predicted molar refractivity (Wildman–Crippen MR) is 64.5 cm³/mol. The van der Waals surface area contributed by atoms with Gasteiger partial charge in [-0.1, -0.05) is 13.3 Å². The Morgan fingerprint density at radius 3 is 2.60 bits per heavy atom. The van der Waals surface area contributed by atoms with E-state index < -0.39 is 0 Å². The molecule has 1 fully saturated rings. The van der Waals surface area contributed by atoms with Gasteiger partial charge < -0.3 is 5.32 Å². The molecule has 0 unspecified atom stereocenters. The molecular weight excluding hydrogens is 188 g/mol. The maximum atomic E-state index is 5.44. The molecule has 0 aromatic rings. The lowest BCUT2D eigenvalue weighted by atomic mass is 9.99. The van der Waals surface area contributed by atoms with Crippen molar-refractivity contribution in [2.24, 2.45) is 16.8 Å². The van der Waals surface area contributed by atoms with Gasteiger partial charge in [-0.15, -0.1) is 0 Å². The lowest BCUT2D eigenvalue weighted by Gasteiger charge is -2.27. The summed E-state index contributed by atoms with van der Waals surface area (Å²) in [6.45, 7) is 7.41. The zero-order valence-electron chi connectivity index (χ0n) is 10.1. The molecule has 1 saturated carbocycles. The Morgan fingerprint density at radius 2 is 2.13 bits per heavy atom. The van der Waals surface area contributed by atoms with Crippen molar-refractivity contribution in [3.63, 3.8) is 0 Å². The number of hydrazine groups is 1. The highest BCUT2D eigenvalue weighted by atomic mass is 15.3. The van der Waals surface area contributed by atoms with E-state index in [0.29, 0.717) is 0 Å². The lowest BCUT2D eigenvalue weighted by molar-refractivity contribution is 0.396. The van der Waals surface area contributed by atoms with Crippen molar-refractivity contribution < 1.29 is 0 Å². The Labute approximate surface area is 92.7 Å². The maximum Gasteiger partial charge on any atom is 0.206 e. The van der Waals surface area contributed by atoms with Crippen LogP contribution in [0.2, 0.25) is 0 Å². The molecule has 0 radical (unpaired) electrons. The number of nitrogens with two attached hydrogens (primary N) is 1. The molecule has 1 aliphatic carbocycles. The van der Waals surface area contributed by atoms with Crippen molar-refractivity contribution in [1.82, 2.24) is 10.7 Å². The molecule has 0 spiro atoms. The van der Waals surface area contributed by atoms with E-state index >= 15 is 0 Å². The van der Waals surface area contributed by atoms with Gasteiger partial charge in [0.05, 0.1) is 0 Å². The molecule has 0 bridgehead atoms. The van der Waals surface area contributed by atoms with Crippen LogP contribution in [0.25, 0.3) is 0 Å². The van der Waals surface area contributed by atoms with Gasteiger partial charge in [0.15, 0.2) is 0 Å². The van der Waals surface area contributed by atoms with Gasteiger partial charge in [-0.2, -0.15) is 0 Å². The van der Waals surface area contributed by atoms with Crippen molar-refractivity contribution in [3.05, 3.63) is 0 Å². The van der Waals surface area contributed by atoms with Gasteiger partial charge in [-0.25, -0.2) is 5.84 Å². The normalized spacial score (nSPS) is 17.7. The average Bonchev–Trinajstić information content (AvgIpc) is 2.99. The molecule has 0 heterocycles. The van der Waals surface area contributed by atoms with E-state index in [0.717, 1.165) is 31.3 Å². The first-order valence-electron chi connectivity index (χ1n) is 5.89. The van der Waals surface area contributed by atoms with E-state index in [1.54, 1.807) is 0 Å². The van der Waals surface area contributed by atoms with Gasteiger partial charge in [-0.3, -0.25) is 10.4 Å². The van der Waals surface area contributed by atoms with Gasteiger partial charge >= 0.3 is 0 Å². The van der Waals surface area contributed by atoms with Crippen molar-refractivity contribution >= 4 is 5.96 Å². The van der Waals surface area contributed by atoms with E-state index in [1.807, 2.05) is 0 Å². The summed E-state index contributed by atoms with van der Waals surface area (Å²) in [5.41, 5.74) is 2.75. The van der Waals surface area contributed by atoms with Crippen LogP contribution in [0.1, 0.15) is 46.5 Å². The molecule has 0 aromatic carbocycles. The predicted octanol–water partition coefficient (Wildman–Crippen LogP) is 1.38. The molecule has 88 valence electrons. The van der Waals surface area contributed by atoms with Crippen molar-refractivity contribution in [1.29, 1.82) is 0 Å². The minimum absolute atomic E-state index is 0.109. The van der Waals surface area contributed by atoms with Gasteiger partial charge in [-0.05, 0) is 39.0 Å². The molecule has 4 nitrogen and oxygen atoms in total. The molecule has 0 aromatic heterocycles. The fourth-order valence-corrected chi connectivity index (χ4v) is 1.68. The summed E-state index contributed by atoms with van der Waals surface area (Å²) >= 11 is 0. The van der Waals surface area contributed by atoms with E-state index in [2.05, 4.69) is 36.5 Å². The molecule has 4 N–H and O–H groups in total. The van der Waals surface area contributed by atoms with E-state index in [4.69, 9.17) is 5.84 Å². The van der Waals surface area contributed by atoms with Crippen LogP contribution in [0.15, 0.2) is 4.99 Å². The van der Waals surface area contributed by atoms with Gasteiger partial charge in [0, 0.05) is 12.1 Å². The number of nitrogens with one attached hydrogen (secondary N) is 2. The summed E-state index contributed by atoms with van der Waals surface area (Å²) in [4.78, 5) is 4.40. The van der Waals surface area contributed by atoms with Crippen LogP contribution in [-0.4, -0.2) is 18.0 Å². The summed E-state index contributed by atoms with van der Waals surface area (Å²) in [5.74, 6) is 6.93. The zero-order chi connectivity index (χ0) is 11.3. The standard InChI is InChI=1S/C11H24N4/c1-4-5-8-13-10(15-12)14-11(2,3)9-6-7-9/h9H,4-8,12H2,1-3H3,(H2,13,14,15). The lowest BCUT2D eigenvalue weighted by Crippen LogP contribution is -2.52. The summed E-state index contributed by atoms with van der Waals surface area (Å²) in [5, 5.41) is 3.38. The van der Waals surface area contributed by atoms with E-state index in [-0.39, 0.29) is 5.54 Å². The molecule has 0 aliphatic heterocycles. The van der Waals surface area contributed by atoms with Crippen LogP contribution in [0.3, 0.4) is 0 Å². The van der Waals surface area contributed by atoms with Crippen molar-refractivity contribution in [2.75, 3.05) is 6.54 Å². The molecule has 1 rings (SSSR count). The minimum Gasteiger partial charge on any atom is -0.350 e. The Balaban J connectivity index is 2.40. The van der Waals surface area contributed by atoms with Crippen LogP contribution in [0, 0.1) is 5.92 Å². The highest BCUT2D eigenvalue weighted by Crippen LogP contribution is 2.38. The largest absolute Gasteiger partial charge is 0.350 e. The molecule has 4 heteroatoms. The van der Waals surface area contributed by atoms with Gasteiger partial charge in [0.1, 0.15) is 0 Å². The number of aliphatic imine (C=N–C) groups is 1. The third-order valence-corrected chi connectivity index (χ3v) is 2.96. The molecule has 0 amide bonds. The second kappa shape index (κ2) is 5.35. The molecule has 0 atom stereocenters. The Bertz CT molecular complexity index is 219. The fourth-order valence-electron chi connectivity index (χ4n) is 1.68. The first-order valence-corrected chi connectivity index (χ1v) is 5.89. The van der Waals surface area contributed by atoms with Crippen molar-refractivity contribution in [2.45, 2.75) is 52.0 Å². The summed E-state index contributed by atoms with van der Waals surface area (Å²) in [6, 6.07) is 0. The van der Waals surface area contributed by atoms with Crippen LogP contribution in [-0.2, 0) is 0 Å². The Morgan fingerprint density at radius 1 is 1.47 bits per heavy atom. The minimum atomic E-state index is 0.109. The SMILES string of the molecule is CCCCN=C(NN)NC(C)(C)C1CC1. The maximum absolute atomic E-state index is 5.44. The molecule has 0 saturated heterocycles. The average molecular weight is 212 g/mol. The number of hydrogen-bond acceptors (Lipinski definition) is 2. The van der Waals surface area contributed by atoms with Crippen LogP contribution in [0.5, 0.6) is 0 Å². The quantitative estimate of drug-likeness (QED) is 0.212. The Hall–Kier alpha value is -0.770. The number of rotatable bonds is 5. The molecular formula is C11H24N4. The number of hydrogen-bond donors (Lipinski definition) is 3. The molecule has 1 aliphatic rings. The van der Waals surface area contributed by atoms with Crippen LogP contribution >= 0.6 is 0 Å². The monoisotopic (exact) mass is 212 g/mol. The highest BCUT2D eigenvalue weighted by molar-refractivity contribution is 5.79. The second-order valence-electron chi connectivity index (χ2n) is 4.85. The van der Waals surface area contributed by atoms with Crippen LogP contribution < -0.4 is 16.6 Å². The first kappa shape index (κ1) is 12.3. The van der Waals surface area contributed by atoms with Crippen LogP contribution in [0.4, 0.5) is 0 Å². The number of nitrogens with zero attached hydrogens (tertiary/aromatic N) is 1. The Kier molecular flexibility index (Phi) is 4.39. The highest BCUT2D eigenvalue weighted by Gasteiger charge is 2.38. The fraction of sp³-hybridized carbons (Fsp3) is 0.909. The third kappa shape index (κ3) is 4.08. The number of unbranched alkanes of at least 4 members (excludes halogenated alkanes) is 1. The smallest absolute Gasteiger partial charge is 0.206 e. The zero-order valence-corrected chi connectivity index (χ0v) is 10.1. The van der Waals surface area contributed by atoms with Crippen molar-refractivity contribution in [3.8, 4) is 0 Å².